The zero-order chi connectivity index (χ0) is 21.6. The number of ether oxygens (including phenoxy) is 1. The molecule has 3 N–H and O–H groups in total. The number of hydrogen-bond acceptors (Lipinski definition) is 6. The fraction of sp³-hybridized carbons (Fsp3) is 0.217. The lowest BCUT2D eigenvalue weighted by Crippen LogP contribution is -2.23. The molecule has 0 unspecified atom stereocenters. The van der Waals surface area contributed by atoms with Gasteiger partial charge in [0.1, 0.15) is 5.60 Å². The number of carbonyl (C=O) groups is 2. The van der Waals surface area contributed by atoms with Crippen LogP contribution in [0.15, 0.2) is 48.6 Å². The van der Waals surface area contributed by atoms with Gasteiger partial charge in [0.05, 0.1) is 6.42 Å². The van der Waals surface area contributed by atoms with Gasteiger partial charge in [-0.05, 0) is 68.3 Å². The first-order valence-electron chi connectivity index (χ1n) is 8.99. The predicted octanol–water partition coefficient (Wildman–Crippen LogP) is 4.24. The summed E-state index contributed by atoms with van der Waals surface area (Å²) in [5.41, 5.74) is 0.688. The van der Waals surface area contributed by atoms with Crippen molar-refractivity contribution >= 4 is 23.7 Å². The van der Waals surface area contributed by atoms with Crippen LogP contribution in [0.4, 0.5) is 0 Å². The molecule has 0 saturated heterocycles. The molecule has 2 aromatic rings. The molecule has 29 heavy (non-hydrogen) atoms. The van der Waals surface area contributed by atoms with Gasteiger partial charge in [0, 0.05) is 0 Å². The van der Waals surface area contributed by atoms with Crippen molar-refractivity contribution in [2.45, 2.75) is 32.8 Å². The van der Waals surface area contributed by atoms with Crippen LogP contribution >= 0.6 is 0 Å². The third-order valence-electron chi connectivity index (χ3n) is 3.67. The largest absolute Gasteiger partial charge is 0.504 e. The van der Waals surface area contributed by atoms with Crippen LogP contribution in [0, 0.1) is 0 Å². The van der Waals surface area contributed by atoms with Gasteiger partial charge in [0.15, 0.2) is 34.6 Å². The summed E-state index contributed by atoms with van der Waals surface area (Å²) in [6.07, 6.45) is 5.24. The lowest BCUT2D eigenvalue weighted by molar-refractivity contribution is -0.121. The summed E-state index contributed by atoms with van der Waals surface area (Å²) >= 11 is 0. The maximum absolute atomic E-state index is 12.0. The maximum atomic E-state index is 12.0. The summed E-state index contributed by atoms with van der Waals surface area (Å²) < 4.78 is 5.67. The number of phenolic OH excluding ortho intramolecular Hbond substituents is 3. The second-order valence-electron chi connectivity index (χ2n) is 7.47. The van der Waals surface area contributed by atoms with Crippen LogP contribution in [0.1, 0.15) is 38.3 Å². The van der Waals surface area contributed by atoms with Crippen LogP contribution in [-0.2, 0) is 9.59 Å². The monoisotopic (exact) mass is 396 g/mol. The first kappa shape index (κ1) is 21.8. The van der Waals surface area contributed by atoms with Gasteiger partial charge in [-0.2, -0.15) is 0 Å². The minimum Gasteiger partial charge on any atom is -0.504 e. The Kier molecular flexibility index (Phi) is 6.83. The molecule has 0 aliphatic heterocycles. The third kappa shape index (κ3) is 7.18. The van der Waals surface area contributed by atoms with Gasteiger partial charge in [-0.1, -0.05) is 24.3 Å². The average Bonchev–Trinajstić information content (AvgIpc) is 2.62. The molecule has 2 aromatic carbocycles. The van der Waals surface area contributed by atoms with Crippen molar-refractivity contribution in [3.63, 3.8) is 0 Å². The van der Waals surface area contributed by atoms with Crippen LogP contribution in [0.25, 0.3) is 12.2 Å². The summed E-state index contributed by atoms with van der Waals surface area (Å²) in [6.45, 7) is 5.57. The van der Waals surface area contributed by atoms with E-state index in [4.69, 9.17) is 4.74 Å². The highest BCUT2D eigenvalue weighted by Gasteiger charge is 2.14. The van der Waals surface area contributed by atoms with Gasteiger partial charge in [0.2, 0.25) is 0 Å². The molecule has 2 rings (SSSR count). The van der Waals surface area contributed by atoms with E-state index < -0.39 is 11.4 Å². The molecule has 0 atom stereocenters. The van der Waals surface area contributed by atoms with Gasteiger partial charge in [-0.3, -0.25) is 9.59 Å². The summed E-state index contributed by atoms with van der Waals surface area (Å²) in [7, 11) is 0. The van der Waals surface area contributed by atoms with Gasteiger partial charge in [-0.15, -0.1) is 0 Å². The van der Waals surface area contributed by atoms with Crippen molar-refractivity contribution in [1.82, 2.24) is 0 Å². The Bertz CT molecular complexity index is 964. The predicted molar refractivity (Wildman–Crippen MR) is 111 cm³/mol. The van der Waals surface area contributed by atoms with Crippen LogP contribution in [-0.4, -0.2) is 32.5 Å². The zero-order valence-corrected chi connectivity index (χ0v) is 16.5. The SMILES string of the molecule is CC(C)(C)Oc1cc(/C=C/C(=O)CC(=O)/C=C/c2ccc(O)c(O)c2)ccc1O. The highest BCUT2D eigenvalue weighted by atomic mass is 16.5. The fourth-order valence-electron chi connectivity index (χ4n) is 2.36. The smallest absolute Gasteiger partial charge is 0.163 e. The first-order chi connectivity index (χ1) is 13.5. The minimum absolute atomic E-state index is 0.00369. The molecular formula is C23H24O6. The van der Waals surface area contributed by atoms with E-state index in [1.165, 1.54) is 42.5 Å². The van der Waals surface area contributed by atoms with Crippen molar-refractivity contribution in [1.29, 1.82) is 0 Å². The topological polar surface area (TPSA) is 104 Å². The zero-order valence-electron chi connectivity index (χ0n) is 16.5. The van der Waals surface area contributed by atoms with Crippen LogP contribution in [0.5, 0.6) is 23.0 Å². The molecule has 0 amide bonds. The molecule has 0 aromatic heterocycles. The highest BCUT2D eigenvalue weighted by Crippen LogP contribution is 2.30. The Labute approximate surface area is 169 Å². The number of aromatic hydroxyl groups is 3. The molecule has 0 heterocycles. The van der Waals surface area contributed by atoms with Crippen molar-refractivity contribution in [2.24, 2.45) is 0 Å². The number of allylic oxidation sites excluding steroid dienone is 2. The van der Waals surface area contributed by atoms with E-state index in [2.05, 4.69) is 0 Å². The molecule has 0 fully saturated rings. The number of rotatable bonds is 7. The number of ketones is 2. The van der Waals surface area contributed by atoms with E-state index in [1.54, 1.807) is 18.2 Å². The lowest BCUT2D eigenvalue weighted by atomic mass is 10.1. The maximum Gasteiger partial charge on any atom is 0.163 e. The van der Waals surface area contributed by atoms with E-state index in [0.717, 1.165) is 0 Å². The van der Waals surface area contributed by atoms with E-state index in [-0.39, 0.29) is 29.5 Å². The van der Waals surface area contributed by atoms with Crippen molar-refractivity contribution < 1.29 is 29.6 Å². The van der Waals surface area contributed by atoms with Crippen molar-refractivity contribution in [2.75, 3.05) is 0 Å². The fourth-order valence-corrected chi connectivity index (χ4v) is 2.36. The van der Waals surface area contributed by atoms with Crippen molar-refractivity contribution in [3.8, 4) is 23.0 Å². The Balaban J connectivity index is 1.98. The Morgan fingerprint density at radius 1 is 0.828 bits per heavy atom. The van der Waals surface area contributed by atoms with E-state index in [9.17, 15) is 24.9 Å². The normalized spacial score (nSPS) is 11.8. The third-order valence-corrected chi connectivity index (χ3v) is 3.67. The van der Waals surface area contributed by atoms with E-state index in [0.29, 0.717) is 16.9 Å². The second kappa shape index (κ2) is 9.10. The molecule has 152 valence electrons. The van der Waals surface area contributed by atoms with Gasteiger partial charge >= 0.3 is 0 Å². The molecule has 0 bridgehead atoms. The molecule has 6 heteroatoms. The molecule has 0 radical (unpaired) electrons. The summed E-state index contributed by atoms with van der Waals surface area (Å²) in [4.78, 5) is 24.0. The summed E-state index contributed by atoms with van der Waals surface area (Å²) in [5.74, 6) is -0.997. The summed E-state index contributed by atoms with van der Waals surface area (Å²) in [6, 6.07) is 8.87. The number of hydrogen-bond donors (Lipinski definition) is 3. The molecule has 0 saturated carbocycles. The standard InChI is InChI=1S/C23H24O6/c1-23(2,3)29-22-13-16(7-11-20(22)27)5-9-18(25)14-17(24)8-4-15-6-10-19(26)21(28)12-15/h4-13,26-28H,14H2,1-3H3/b8-4+,9-5+. The van der Waals surface area contributed by atoms with Crippen LogP contribution in [0.2, 0.25) is 0 Å². The number of phenols is 3. The molecule has 0 aliphatic carbocycles. The molecule has 0 aliphatic rings. The highest BCUT2D eigenvalue weighted by molar-refractivity contribution is 6.10. The molecule has 0 spiro atoms. The first-order valence-corrected chi connectivity index (χ1v) is 8.99. The Hall–Kier alpha value is -3.54. The van der Waals surface area contributed by atoms with Crippen LogP contribution < -0.4 is 4.74 Å². The quantitative estimate of drug-likeness (QED) is 0.367. The Morgan fingerprint density at radius 3 is 1.86 bits per heavy atom. The van der Waals surface area contributed by atoms with E-state index >= 15 is 0 Å². The van der Waals surface area contributed by atoms with Gasteiger partial charge in [-0.25, -0.2) is 0 Å². The second-order valence-corrected chi connectivity index (χ2v) is 7.47. The minimum atomic E-state index is -0.483. The summed E-state index contributed by atoms with van der Waals surface area (Å²) in [5, 5.41) is 28.6. The number of carbonyl (C=O) groups excluding carboxylic acids is 2. The average molecular weight is 396 g/mol. The number of benzene rings is 2. The molecular weight excluding hydrogens is 372 g/mol. The van der Waals surface area contributed by atoms with Gasteiger partial charge in [0.25, 0.3) is 0 Å². The van der Waals surface area contributed by atoms with E-state index in [1.807, 2.05) is 20.8 Å². The molecule has 6 nitrogen and oxygen atoms in total. The van der Waals surface area contributed by atoms with Crippen molar-refractivity contribution in [3.05, 3.63) is 59.7 Å². The van der Waals surface area contributed by atoms with Crippen LogP contribution in [0.3, 0.4) is 0 Å². The Morgan fingerprint density at radius 2 is 1.34 bits per heavy atom. The lowest BCUT2D eigenvalue weighted by Gasteiger charge is -2.22. The van der Waals surface area contributed by atoms with Gasteiger partial charge < -0.3 is 20.1 Å².